The number of nitrogens with zero attached hydrogens (tertiary/aromatic N) is 1. The highest BCUT2D eigenvalue weighted by Gasteiger charge is 2.31. The van der Waals surface area contributed by atoms with Gasteiger partial charge in [-0.3, -0.25) is 4.90 Å². The fourth-order valence-electron chi connectivity index (χ4n) is 4.51. The second kappa shape index (κ2) is 13.0. The van der Waals surface area contributed by atoms with Crippen LogP contribution in [0.4, 0.5) is 0 Å². The summed E-state index contributed by atoms with van der Waals surface area (Å²) in [5.74, 6) is 0.142. The molecule has 192 valence electrons. The molecule has 0 radical (unpaired) electrons. The summed E-state index contributed by atoms with van der Waals surface area (Å²) in [5.41, 5.74) is 4.45. The maximum absolute atomic E-state index is 13.4. The van der Waals surface area contributed by atoms with Crippen LogP contribution in [-0.2, 0) is 29.5 Å². The van der Waals surface area contributed by atoms with Crippen molar-refractivity contribution in [2.45, 2.75) is 43.4 Å². The van der Waals surface area contributed by atoms with Gasteiger partial charge in [0, 0.05) is 25.0 Å². The van der Waals surface area contributed by atoms with Crippen molar-refractivity contribution in [3.8, 4) is 0 Å². The lowest BCUT2D eigenvalue weighted by atomic mass is 9.97. The van der Waals surface area contributed by atoms with Gasteiger partial charge in [-0.15, -0.1) is 11.6 Å². The molecular weight excluding hydrogens is 500 g/mol. The van der Waals surface area contributed by atoms with Crippen molar-refractivity contribution < 1.29 is 8.42 Å². The zero-order chi connectivity index (χ0) is 26.1. The van der Waals surface area contributed by atoms with Crippen LogP contribution in [0.5, 0.6) is 0 Å². The third-order valence-corrected chi connectivity index (χ3v) is 8.32. The lowest BCUT2D eigenvalue weighted by Crippen LogP contribution is -2.53. The zero-order valence-electron chi connectivity index (χ0n) is 21.0. The van der Waals surface area contributed by atoms with Crippen LogP contribution in [0, 0.1) is 6.92 Å². The summed E-state index contributed by atoms with van der Waals surface area (Å²) in [6, 6.07) is 36.9. The molecule has 0 aliphatic heterocycles. The number of rotatable bonds is 12. The number of aryl methyl sites for hydroxylation is 1. The quantitative estimate of drug-likeness (QED) is 0.221. The standard InChI is InChI=1S/C31H33ClN2O2S/c1-25-17-19-29(20-18-25)37(35,36)33-30(22-32)31(21-26-11-5-2-6-12-26)34(23-27-13-7-3-8-14-27)24-28-15-9-4-10-16-28/h2-20,30-31,33H,21-24H2,1H3/t30-,31+/m1/s1. The van der Waals surface area contributed by atoms with E-state index in [1.807, 2.05) is 73.7 Å². The molecule has 4 rings (SSSR count). The Labute approximate surface area is 226 Å². The van der Waals surface area contributed by atoms with Crippen LogP contribution < -0.4 is 4.72 Å². The largest absolute Gasteiger partial charge is 0.290 e. The fourth-order valence-corrected chi connectivity index (χ4v) is 6.15. The van der Waals surface area contributed by atoms with Crippen molar-refractivity contribution >= 4 is 21.6 Å². The predicted molar refractivity (Wildman–Crippen MR) is 152 cm³/mol. The van der Waals surface area contributed by atoms with Gasteiger partial charge in [0.25, 0.3) is 0 Å². The highest BCUT2D eigenvalue weighted by atomic mass is 35.5. The molecule has 0 amide bonds. The van der Waals surface area contributed by atoms with E-state index in [1.54, 1.807) is 12.1 Å². The van der Waals surface area contributed by atoms with Gasteiger partial charge in [-0.05, 0) is 42.2 Å². The van der Waals surface area contributed by atoms with E-state index in [-0.39, 0.29) is 16.8 Å². The normalized spacial score (nSPS) is 13.4. The highest BCUT2D eigenvalue weighted by Crippen LogP contribution is 2.22. The molecular formula is C31H33ClN2O2S. The molecule has 4 aromatic carbocycles. The van der Waals surface area contributed by atoms with E-state index < -0.39 is 16.1 Å². The Hall–Kier alpha value is -2.96. The van der Waals surface area contributed by atoms with Crippen LogP contribution >= 0.6 is 11.6 Å². The molecule has 0 aromatic heterocycles. The van der Waals surface area contributed by atoms with E-state index in [1.165, 1.54) is 0 Å². The summed E-state index contributed by atoms with van der Waals surface area (Å²) in [6.45, 7) is 3.26. The van der Waals surface area contributed by atoms with Gasteiger partial charge in [-0.2, -0.15) is 0 Å². The lowest BCUT2D eigenvalue weighted by Gasteiger charge is -2.37. The van der Waals surface area contributed by atoms with Crippen molar-refractivity contribution in [2.75, 3.05) is 5.88 Å². The van der Waals surface area contributed by atoms with Gasteiger partial charge in [0.15, 0.2) is 0 Å². The number of halogens is 1. The van der Waals surface area contributed by atoms with E-state index in [0.717, 1.165) is 22.3 Å². The molecule has 0 unspecified atom stereocenters. The monoisotopic (exact) mass is 532 g/mol. The Morgan fingerprint density at radius 1 is 0.703 bits per heavy atom. The van der Waals surface area contributed by atoms with E-state index in [9.17, 15) is 8.42 Å². The van der Waals surface area contributed by atoms with Gasteiger partial charge in [0.1, 0.15) is 0 Å². The van der Waals surface area contributed by atoms with Crippen molar-refractivity contribution in [1.82, 2.24) is 9.62 Å². The summed E-state index contributed by atoms with van der Waals surface area (Å²) in [6.07, 6.45) is 0.647. The molecule has 0 aliphatic rings. The topological polar surface area (TPSA) is 49.4 Å². The number of benzene rings is 4. The van der Waals surface area contributed by atoms with Crippen LogP contribution in [-0.4, -0.2) is 31.3 Å². The summed E-state index contributed by atoms with van der Waals surface area (Å²) < 4.78 is 29.8. The van der Waals surface area contributed by atoms with Gasteiger partial charge < -0.3 is 0 Å². The minimum absolute atomic E-state index is 0.142. The number of nitrogens with one attached hydrogen (secondary N) is 1. The van der Waals surface area contributed by atoms with Gasteiger partial charge in [-0.1, -0.05) is 109 Å². The van der Waals surface area contributed by atoms with Crippen molar-refractivity contribution in [2.24, 2.45) is 0 Å². The molecule has 4 aromatic rings. The molecule has 6 heteroatoms. The first kappa shape index (κ1) is 27.1. The summed E-state index contributed by atoms with van der Waals surface area (Å²) in [7, 11) is -3.77. The summed E-state index contributed by atoms with van der Waals surface area (Å²) in [4.78, 5) is 2.58. The van der Waals surface area contributed by atoms with Crippen LogP contribution in [0.1, 0.15) is 22.3 Å². The SMILES string of the molecule is Cc1ccc(S(=O)(=O)N[C@H](CCl)[C@H](Cc2ccccc2)N(Cc2ccccc2)Cc2ccccc2)cc1. The van der Waals surface area contributed by atoms with Crippen molar-refractivity contribution in [3.05, 3.63) is 138 Å². The highest BCUT2D eigenvalue weighted by molar-refractivity contribution is 7.89. The van der Waals surface area contributed by atoms with E-state index >= 15 is 0 Å². The third-order valence-electron chi connectivity index (χ3n) is 6.48. The molecule has 2 atom stereocenters. The van der Waals surface area contributed by atoms with Crippen molar-refractivity contribution in [1.29, 1.82) is 0 Å². The molecule has 0 fully saturated rings. The van der Waals surface area contributed by atoms with Crippen LogP contribution in [0.25, 0.3) is 0 Å². The third kappa shape index (κ3) is 7.76. The van der Waals surface area contributed by atoms with E-state index in [4.69, 9.17) is 11.6 Å². The Morgan fingerprint density at radius 2 is 1.16 bits per heavy atom. The molecule has 4 nitrogen and oxygen atoms in total. The first-order chi connectivity index (χ1) is 17.9. The Morgan fingerprint density at radius 3 is 1.62 bits per heavy atom. The molecule has 0 saturated heterocycles. The molecule has 0 saturated carbocycles. The van der Waals surface area contributed by atoms with Crippen LogP contribution in [0.2, 0.25) is 0 Å². The van der Waals surface area contributed by atoms with Gasteiger partial charge in [0.2, 0.25) is 10.0 Å². The molecule has 0 spiro atoms. The van der Waals surface area contributed by atoms with Crippen LogP contribution in [0.15, 0.2) is 120 Å². The second-order valence-electron chi connectivity index (χ2n) is 9.33. The number of hydrogen-bond acceptors (Lipinski definition) is 3. The average molecular weight is 533 g/mol. The first-order valence-electron chi connectivity index (χ1n) is 12.5. The predicted octanol–water partition coefficient (Wildman–Crippen LogP) is 6.19. The van der Waals surface area contributed by atoms with Crippen LogP contribution in [0.3, 0.4) is 0 Å². The smallest absolute Gasteiger partial charge is 0.240 e. The molecule has 37 heavy (non-hydrogen) atoms. The summed E-state index contributed by atoms with van der Waals surface area (Å²) in [5, 5.41) is 0. The van der Waals surface area contributed by atoms with Gasteiger partial charge in [0.05, 0.1) is 10.9 Å². The molecule has 0 heterocycles. The Balaban J connectivity index is 1.71. The fraction of sp³-hybridized carbons (Fsp3) is 0.226. The van der Waals surface area contributed by atoms with Gasteiger partial charge in [-0.25, -0.2) is 13.1 Å². The molecule has 1 N–H and O–H groups in total. The molecule has 0 bridgehead atoms. The first-order valence-corrected chi connectivity index (χ1v) is 14.5. The summed E-state index contributed by atoms with van der Waals surface area (Å²) >= 11 is 6.54. The van der Waals surface area contributed by atoms with Gasteiger partial charge >= 0.3 is 0 Å². The number of sulfonamides is 1. The second-order valence-corrected chi connectivity index (χ2v) is 11.4. The average Bonchev–Trinajstić information content (AvgIpc) is 2.92. The minimum Gasteiger partial charge on any atom is -0.290 e. The minimum atomic E-state index is -3.77. The maximum atomic E-state index is 13.4. The Bertz CT molecular complexity index is 1290. The van der Waals surface area contributed by atoms with Crippen molar-refractivity contribution in [3.63, 3.8) is 0 Å². The number of alkyl halides is 1. The van der Waals surface area contributed by atoms with E-state index in [0.29, 0.717) is 19.5 Å². The number of hydrogen-bond donors (Lipinski definition) is 1. The Kier molecular flexibility index (Phi) is 9.53. The van der Waals surface area contributed by atoms with E-state index in [2.05, 4.69) is 46.0 Å². The zero-order valence-corrected chi connectivity index (χ0v) is 22.6. The maximum Gasteiger partial charge on any atom is 0.240 e. The lowest BCUT2D eigenvalue weighted by molar-refractivity contribution is 0.152. The molecule has 0 aliphatic carbocycles.